The van der Waals surface area contributed by atoms with Gasteiger partial charge in [-0.1, -0.05) is 229 Å². The van der Waals surface area contributed by atoms with Gasteiger partial charge in [-0.15, -0.1) is 0 Å². The molecule has 0 saturated heterocycles. The van der Waals surface area contributed by atoms with Crippen LogP contribution in [0.15, 0.2) is 60.8 Å². The Labute approximate surface area is 421 Å². The van der Waals surface area contributed by atoms with Crippen LogP contribution in [-0.4, -0.2) is 37.2 Å². The smallest absolute Gasteiger partial charge is 0.306 e. The number of unbranched alkanes of at least 4 members (excludes halogenated alkanes) is 32. The number of hydrogen-bond donors (Lipinski definition) is 0. The molecule has 0 aliphatic carbocycles. The summed E-state index contributed by atoms with van der Waals surface area (Å²) >= 11 is 0. The van der Waals surface area contributed by atoms with Gasteiger partial charge in [0.2, 0.25) is 0 Å². The third-order valence-electron chi connectivity index (χ3n) is 12.7. The fourth-order valence-electron chi connectivity index (χ4n) is 8.26. The van der Waals surface area contributed by atoms with Crippen molar-refractivity contribution < 1.29 is 28.6 Å². The summed E-state index contributed by atoms with van der Waals surface area (Å²) in [6.45, 7) is 6.60. The van der Waals surface area contributed by atoms with Gasteiger partial charge in [-0.3, -0.25) is 14.4 Å². The summed E-state index contributed by atoms with van der Waals surface area (Å²) in [5.74, 6) is -0.898. The van der Waals surface area contributed by atoms with E-state index in [-0.39, 0.29) is 31.1 Å². The van der Waals surface area contributed by atoms with Gasteiger partial charge in [0.1, 0.15) is 13.2 Å². The van der Waals surface area contributed by atoms with Crippen molar-refractivity contribution in [2.45, 2.75) is 303 Å². The molecule has 1 atom stereocenters. The Balaban J connectivity index is 4.40. The van der Waals surface area contributed by atoms with Crippen molar-refractivity contribution in [2.24, 2.45) is 0 Å². The van der Waals surface area contributed by atoms with E-state index in [0.717, 1.165) is 83.5 Å². The van der Waals surface area contributed by atoms with E-state index in [1.54, 1.807) is 0 Å². The molecule has 0 aromatic rings. The van der Waals surface area contributed by atoms with Crippen LogP contribution in [0.4, 0.5) is 0 Å². The van der Waals surface area contributed by atoms with E-state index in [1.165, 1.54) is 173 Å². The van der Waals surface area contributed by atoms with Gasteiger partial charge in [-0.2, -0.15) is 0 Å². The van der Waals surface area contributed by atoms with Crippen molar-refractivity contribution in [3.63, 3.8) is 0 Å². The van der Waals surface area contributed by atoms with Crippen molar-refractivity contribution in [3.8, 4) is 0 Å². The third kappa shape index (κ3) is 54.1. The Kier molecular flexibility index (Phi) is 54.3. The van der Waals surface area contributed by atoms with Crippen molar-refractivity contribution in [3.05, 3.63) is 60.8 Å². The highest BCUT2D eigenvalue weighted by Gasteiger charge is 2.19. The lowest BCUT2D eigenvalue weighted by molar-refractivity contribution is -0.167. The zero-order valence-electron chi connectivity index (χ0n) is 45.1. The molecule has 0 aliphatic rings. The zero-order chi connectivity index (χ0) is 49.3. The molecule has 68 heavy (non-hydrogen) atoms. The highest BCUT2D eigenvalue weighted by molar-refractivity contribution is 5.71. The largest absolute Gasteiger partial charge is 0.462 e. The minimum absolute atomic E-state index is 0.0836. The first-order valence-electron chi connectivity index (χ1n) is 29.3. The molecule has 0 aliphatic heterocycles. The van der Waals surface area contributed by atoms with Crippen molar-refractivity contribution in [1.82, 2.24) is 0 Å². The second-order valence-corrected chi connectivity index (χ2v) is 19.5. The Hall–Kier alpha value is -2.89. The molecule has 0 aromatic heterocycles. The summed E-state index contributed by atoms with van der Waals surface area (Å²) in [6.07, 6.45) is 70.6. The highest BCUT2D eigenvalue weighted by atomic mass is 16.6. The molecule has 0 spiro atoms. The van der Waals surface area contributed by atoms with Crippen LogP contribution >= 0.6 is 0 Å². The minimum atomic E-state index is -0.785. The SMILES string of the molecule is CCCCC/C=C\C/C=C\C/C=C\CCCCCCCCC(=O)OCC(COC(=O)CCCCCCC/C=C\CCCCCCC)OC(=O)CCCCCCCCC/C=C\CCCCCCCC. The maximum atomic E-state index is 12.9. The van der Waals surface area contributed by atoms with E-state index >= 15 is 0 Å². The molecule has 0 saturated carbocycles. The summed E-state index contributed by atoms with van der Waals surface area (Å²) in [4.78, 5) is 38.2. The molecule has 0 bridgehead atoms. The van der Waals surface area contributed by atoms with E-state index in [9.17, 15) is 14.4 Å². The standard InChI is InChI=1S/C62H110O6/c1-4-7-10-13-16-19-22-25-28-30-31-33-34-37-40-43-46-49-52-55-61(64)67-58-59(57-66-60(63)54-51-48-45-42-39-36-27-24-21-18-15-12-9-6-3)68-62(65)56-53-50-47-44-41-38-35-32-29-26-23-20-17-14-11-8-5-2/h16,19,24-29,31,33,59H,4-15,17-18,20-23,30,32,34-58H2,1-3H3/b19-16-,27-24-,28-25-,29-26-,33-31-. The quantitative estimate of drug-likeness (QED) is 0.0262. The molecule has 0 heterocycles. The van der Waals surface area contributed by atoms with Gasteiger partial charge in [0.15, 0.2) is 6.10 Å². The molecule has 0 aromatic carbocycles. The summed E-state index contributed by atoms with van der Waals surface area (Å²) in [7, 11) is 0. The van der Waals surface area contributed by atoms with Crippen LogP contribution in [0.1, 0.15) is 297 Å². The minimum Gasteiger partial charge on any atom is -0.462 e. The molecular formula is C62H110O6. The van der Waals surface area contributed by atoms with Gasteiger partial charge in [-0.25, -0.2) is 0 Å². The first-order valence-corrected chi connectivity index (χ1v) is 29.3. The molecule has 0 N–H and O–H groups in total. The summed E-state index contributed by atoms with van der Waals surface area (Å²) in [5, 5.41) is 0. The van der Waals surface area contributed by atoms with Gasteiger partial charge in [0.05, 0.1) is 0 Å². The number of hydrogen-bond acceptors (Lipinski definition) is 6. The molecule has 0 amide bonds. The molecule has 0 radical (unpaired) electrons. The predicted octanol–water partition coefficient (Wildman–Crippen LogP) is 19.6. The Morgan fingerprint density at radius 1 is 0.294 bits per heavy atom. The van der Waals surface area contributed by atoms with Crippen molar-refractivity contribution in [2.75, 3.05) is 13.2 Å². The van der Waals surface area contributed by atoms with Crippen LogP contribution in [0.2, 0.25) is 0 Å². The Bertz CT molecular complexity index is 1230. The Morgan fingerprint density at radius 2 is 0.529 bits per heavy atom. The van der Waals surface area contributed by atoms with E-state index in [0.29, 0.717) is 19.3 Å². The lowest BCUT2D eigenvalue weighted by Crippen LogP contribution is -2.30. The van der Waals surface area contributed by atoms with Crippen LogP contribution in [0.5, 0.6) is 0 Å². The van der Waals surface area contributed by atoms with Crippen molar-refractivity contribution >= 4 is 17.9 Å². The third-order valence-corrected chi connectivity index (χ3v) is 12.7. The molecule has 1 unspecified atom stereocenters. The van der Waals surface area contributed by atoms with Crippen LogP contribution in [0.25, 0.3) is 0 Å². The van der Waals surface area contributed by atoms with Crippen LogP contribution in [0, 0.1) is 0 Å². The number of esters is 3. The molecule has 0 fully saturated rings. The van der Waals surface area contributed by atoms with Gasteiger partial charge in [0.25, 0.3) is 0 Å². The fraction of sp³-hybridized carbons (Fsp3) is 0.790. The first-order chi connectivity index (χ1) is 33.5. The molecule has 394 valence electrons. The monoisotopic (exact) mass is 951 g/mol. The normalized spacial score (nSPS) is 12.5. The lowest BCUT2D eigenvalue weighted by Gasteiger charge is -2.18. The van der Waals surface area contributed by atoms with Crippen LogP contribution < -0.4 is 0 Å². The van der Waals surface area contributed by atoms with E-state index in [4.69, 9.17) is 14.2 Å². The summed E-state index contributed by atoms with van der Waals surface area (Å²) < 4.78 is 16.9. The van der Waals surface area contributed by atoms with Gasteiger partial charge < -0.3 is 14.2 Å². The number of carbonyl (C=O) groups is 3. The van der Waals surface area contributed by atoms with E-state index in [1.807, 2.05) is 0 Å². The predicted molar refractivity (Wildman–Crippen MR) is 293 cm³/mol. The van der Waals surface area contributed by atoms with Gasteiger partial charge in [-0.05, 0) is 109 Å². The highest BCUT2D eigenvalue weighted by Crippen LogP contribution is 2.15. The average molecular weight is 952 g/mol. The van der Waals surface area contributed by atoms with Gasteiger partial charge >= 0.3 is 17.9 Å². The molecular weight excluding hydrogens is 841 g/mol. The topological polar surface area (TPSA) is 78.9 Å². The molecule has 0 rings (SSSR count). The maximum Gasteiger partial charge on any atom is 0.306 e. The zero-order valence-corrected chi connectivity index (χ0v) is 45.1. The number of rotatable bonds is 53. The average Bonchev–Trinajstić information content (AvgIpc) is 3.34. The Morgan fingerprint density at radius 3 is 0.868 bits per heavy atom. The van der Waals surface area contributed by atoms with Crippen LogP contribution in [0.3, 0.4) is 0 Å². The molecule has 6 heteroatoms. The lowest BCUT2D eigenvalue weighted by atomic mass is 10.1. The van der Waals surface area contributed by atoms with E-state index in [2.05, 4.69) is 81.5 Å². The second-order valence-electron chi connectivity index (χ2n) is 19.5. The van der Waals surface area contributed by atoms with Crippen molar-refractivity contribution in [1.29, 1.82) is 0 Å². The number of ether oxygens (including phenoxy) is 3. The first kappa shape index (κ1) is 65.1. The molecule has 6 nitrogen and oxygen atoms in total. The summed E-state index contributed by atoms with van der Waals surface area (Å²) in [5.41, 5.74) is 0. The number of allylic oxidation sites excluding steroid dienone is 10. The maximum absolute atomic E-state index is 12.9. The van der Waals surface area contributed by atoms with Crippen LogP contribution in [-0.2, 0) is 28.6 Å². The fourth-order valence-corrected chi connectivity index (χ4v) is 8.26. The second kappa shape index (κ2) is 56.7. The van der Waals surface area contributed by atoms with Gasteiger partial charge in [0, 0.05) is 19.3 Å². The number of carbonyl (C=O) groups excluding carboxylic acids is 3. The summed E-state index contributed by atoms with van der Waals surface area (Å²) in [6, 6.07) is 0. The van der Waals surface area contributed by atoms with E-state index < -0.39 is 6.10 Å².